The monoisotopic (exact) mass is 500 g/mol. The SMILES string of the molecule is CNC(C)C(=O)NC(C(=O)N1Cc2ccccc2C1C(=O)Nc1c(F)cccc1F)C1CCOCC1. The third-order valence-electron chi connectivity index (χ3n) is 6.87. The van der Waals surface area contributed by atoms with Gasteiger partial charge in [-0.2, -0.15) is 0 Å². The molecule has 3 amide bonds. The second-order valence-electron chi connectivity index (χ2n) is 9.10. The molecule has 2 aromatic carbocycles. The zero-order valence-corrected chi connectivity index (χ0v) is 20.2. The van der Waals surface area contributed by atoms with Crippen LogP contribution in [0.1, 0.15) is 36.9 Å². The lowest BCUT2D eigenvalue weighted by molar-refractivity contribution is -0.144. The number of hydrogen-bond acceptors (Lipinski definition) is 5. The molecular weight excluding hydrogens is 470 g/mol. The van der Waals surface area contributed by atoms with E-state index >= 15 is 0 Å². The zero-order valence-electron chi connectivity index (χ0n) is 20.2. The molecule has 1 fully saturated rings. The second kappa shape index (κ2) is 11.1. The van der Waals surface area contributed by atoms with Gasteiger partial charge in [-0.15, -0.1) is 0 Å². The van der Waals surface area contributed by atoms with E-state index in [4.69, 9.17) is 4.74 Å². The highest BCUT2D eigenvalue weighted by Gasteiger charge is 2.43. The van der Waals surface area contributed by atoms with Crippen molar-refractivity contribution in [2.75, 3.05) is 25.6 Å². The Morgan fingerprint density at radius 1 is 1.03 bits per heavy atom. The lowest BCUT2D eigenvalue weighted by Crippen LogP contribution is -2.56. The molecular formula is C26H30F2N4O4. The van der Waals surface area contributed by atoms with Gasteiger partial charge in [0.15, 0.2) is 0 Å². The first kappa shape index (κ1) is 25.7. The topological polar surface area (TPSA) is 99.8 Å². The van der Waals surface area contributed by atoms with E-state index in [1.807, 2.05) is 0 Å². The van der Waals surface area contributed by atoms with Crippen molar-refractivity contribution in [1.29, 1.82) is 0 Å². The van der Waals surface area contributed by atoms with Crippen LogP contribution in [0, 0.1) is 17.6 Å². The Morgan fingerprint density at radius 3 is 2.36 bits per heavy atom. The van der Waals surface area contributed by atoms with E-state index in [9.17, 15) is 23.2 Å². The van der Waals surface area contributed by atoms with E-state index in [1.165, 1.54) is 11.0 Å². The van der Waals surface area contributed by atoms with Crippen molar-refractivity contribution in [1.82, 2.24) is 15.5 Å². The van der Waals surface area contributed by atoms with Crippen molar-refractivity contribution in [3.8, 4) is 0 Å². The maximum Gasteiger partial charge on any atom is 0.252 e. The minimum Gasteiger partial charge on any atom is -0.381 e. The predicted molar refractivity (Wildman–Crippen MR) is 129 cm³/mol. The summed E-state index contributed by atoms with van der Waals surface area (Å²) in [5, 5.41) is 8.06. The first-order valence-corrected chi connectivity index (χ1v) is 12.0. The third-order valence-corrected chi connectivity index (χ3v) is 6.87. The molecule has 0 aliphatic carbocycles. The molecule has 2 aromatic rings. The zero-order chi connectivity index (χ0) is 25.8. The minimum absolute atomic E-state index is 0.129. The van der Waals surface area contributed by atoms with Gasteiger partial charge in [0.25, 0.3) is 5.91 Å². The fourth-order valence-corrected chi connectivity index (χ4v) is 4.70. The summed E-state index contributed by atoms with van der Waals surface area (Å²) in [6.07, 6.45) is 1.14. The van der Waals surface area contributed by atoms with Gasteiger partial charge in [-0.25, -0.2) is 8.78 Å². The largest absolute Gasteiger partial charge is 0.381 e. The summed E-state index contributed by atoms with van der Waals surface area (Å²) in [5.74, 6) is -3.52. The summed E-state index contributed by atoms with van der Waals surface area (Å²) < 4.78 is 34.0. The quantitative estimate of drug-likeness (QED) is 0.543. The molecule has 0 aromatic heterocycles. The molecule has 192 valence electrons. The third kappa shape index (κ3) is 5.24. The number of para-hydroxylation sites is 1. The number of hydrogen-bond donors (Lipinski definition) is 3. The number of nitrogens with zero attached hydrogens (tertiary/aromatic N) is 1. The number of rotatable bonds is 7. The Morgan fingerprint density at radius 2 is 1.69 bits per heavy atom. The fraction of sp³-hybridized carbons (Fsp3) is 0.423. The average Bonchev–Trinajstić information content (AvgIpc) is 3.28. The van der Waals surface area contributed by atoms with Crippen LogP contribution in [0.5, 0.6) is 0 Å². The number of halogens is 2. The molecule has 1 saturated heterocycles. The Kier molecular flexibility index (Phi) is 7.95. The summed E-state index contributed by atoms with van der Waals surface area (Å²) >= 11 is 0. The van der Waals surface area contributed by atoms with Crippen LogP contribution in [-0.4, -0.2) is 55.0 Å². The summed E-state index contributed by atoms with van der Waals surface area (Å²) in [6, 6.07) is 7.82. The van der Waals surface area contributed by atoms with Crippen LogP contribution in [0.4, 0.5) is 14.5 Å². The molecule has 3 unspecified atom stereocenters. The van der Waals surface area contributed by atoms with Crippen molar-refractivity contribution in [2.45, 2.75) is 44.4 Å². The van der Waals surface area contributed by atoms with Crippen LogP contribution < -0.4 is 16.0 Å². The van der Waals surface area contributed by atoms with Crippen LogP contribution in [0.2, 0.25) is 0 Å². The van der Waals surface area contributed by atoms with Crippen LogP contribution in [0.3, 0.4) is 0 Å². The van der Waals surface area contributed by atoms with Gasteiger partial charge in [0.05, 0.1) is 6.04 Å². The molecule has 3 N–H and O–H groups in total. The van der Waals surface area contributed by atoms with Crippen LogP contribution in [-0.2, 0) is 25.7 Å². The Balaban J connectivity index is 1.66. The van der Waals surface area contributed by atoms with Crippen molar-refractivity contribution in [3.05, 3.63) is 65.2 Å². The van der Waals surface area contributed by atoms with Gasteiger partial charge in [-0.05, 0) is 56.0 Å². The number of likely N-dealkylation sites (N-methyl/N-ethyl adjacent to an activating group) is 1. The molecule has 2 aliphatic rings. The van der Waals surface area contributed by atoms with Crippen molar-refractivity contribution in [3.63, 3.8) is 0 Å². The van der Waals surface area contributed by atoms with E-state index in [2.05, 4.69) is 16.0 Å². The number of carbonyl (C=O) groups excluding carboxylic acids is 3. The molecule has 0 spiro atoms. The lowest BCUT2D eigenvalue weighted by Gasteiger charge is -2.35. The van der Waals surface area contributed by atoms with Crippen molar-refractivity contribution in [2.24, 2.45) is 5.92 Å². The number of nitrogens with one attached hydrogen (secondary N) is 3. The number of ether oxygens (including phenoxy) is 1. The maximum atomic E-state index is 14.3. The summed E-state index contributed by atoms with van der Waals surface area (Å²) in [6.45, 7) is 2.74. The molecule has 3 atom stereocenters. The van der Waals surface area contributed by atoms with Gasteiger partial charge < -0.3 is 25.6 Å². The van der Waals surface area contributed by atoms with E-state index in [0.29, 0.717) is 31.6 Å². The summed E-state index contributed by atoms with van der Waals surface area (Å²) in [5.41, 5.74) is 0.748. The van der Waals surface area contributed by atoms with Crippen LogP contribution >= 0.6 is 0 Å². The lowest BCUT2D eigenvalue weighted by atomic mass is 9.90. The van der Waals surface area contributed by atoms with Gasteiger partial charge >= 0.3 is 0 Å². The number of anilines is 1. The summed E-state index contributed by atoms with van der Waals surface area (Å²) in [4.78, 5) is 41.5. The Bertz CT molecular complexity index is 1120. The molecule has 0 radical (unpaired) electrons. The maximum absolute atomic E-state index is 14.3. The highest BCUT2D eigenvalue weighted by atomic mass is 19.1. The molecule has 0 bridgehead atoms. The number of carbonyl (C=O) groups is 3. The minimum atomic E-state index is -1.12. The highest BCUT2D eigenvalue weighted by molar-refractivity contribution is 6.00. The van der Waals surface area contributed by atoms with Gasteiger partial charge in [0.1, 0.15) is 29.4 Å². The van der Waals surface area contributed by atoms with E-state index < -0.39 is 47.3 Å². The molecule has 36 heavy (non-hydrogen) atoms. The van der Waals surface area contributed by atoms with Gasteiger partial charge in [-0.3, -0.25) is 14.4 Å². The molecule has 2 aliphatic heterocycles. The van der Waals surface area contributed by atoms with Crippen LogP contribution in [0.15, 0.2) is 42.5 Å². The van der Waals surface area contributed by atoms with E-state index in [0.717, 1.165) is 17.7 Å². The normalized spacial score (nSPS) is 19.3. The first-order chi connectivity index (χ1) is 17.3. The van der Waals surface area contributed by atoms with Crippen LogP contribution in [0.25, 0.3) is 0 Å². The van der Waals surface area contributed by atoms with Crippen molar-refractivity contribution < 1.29 is 27.9 Å². The van der Waals surface area contributed by atoms with Gasteiger partial charge in [0, 0.05) is 19.8 Å². The molecule has 4 rings (SSSR count). The first-order valence-electron chi connectivity index (χ1n) is 12.0. The second-order valence-corrected chi connectivity index (χ2v) is 9.10. The number of amides is 3. The van der Waals surface area contributed by atoms with Crippen molar-refractivity contribution >= 4 is 23.4 Å². The standard InChI is InChI=1S/C26H30F2N4O4/c1-15(29-2)24(33)30-21(16-10-12-36-13-11-16)26(35)32-14-17-6-3-4-7-18(17)23(32)25(34)31-22-19(27)8-5-9-20(22)28/h3-9,15-16,21,23,29H,10-14H2,1-2H3,(H,30,33)(H,31,34). The highest BCUT2D eigenvalue weighted by Crippen LogP contribution is 2.36. The summed E-state index contributed by atoms with van der Waals surface area (Å²) in [7, 11) is 1.65. The Labute approximate surface area is 208 Å². The fourth-order valence-electron chi connectivity index (χ4n) is 4.70. The van der Waals surface area contributed by atoms with E-state index in [1.54, 1.807) is 38.2 Å². The predicted octanol–water partition coefficient (Wildman–Crippen LogP) is 2.51. The van der Waals surface area contributed by atoms with E-state index in [-0.39, 0.29) is 18.4 Å². The molecule has 2 heterocycles. The molecule has 0 saturated carbocycles. The Hall–Kier alpha value is -3.37. The smallest absolute Gasteiger partial charge is 0.252 e. The number of benzene rings is 2. The molecule has 10 heteroatoms. The average molecular weight is 501 g/mol. The van der Waals surface area contributed by atoms with Gasteiger partial charge in [0.2, 0.25) is 11.8 Å². The van der Waals surface area contributed by atoms with Gasteiger partial charge in [-0.1, -0.05) is 30.3 Å². The molecule has 8 nitrogen and oxygen atoms in total. The number of fused-ring (bicyclic) bond motifs is 1.